The molecule has 0 aliphatic heterocycles. The lowest BCUT2D eigenvalue weighted by Gasteiger charge is -2.11. The molecule has 0 atom stereocenters. The van der Waals surface area contributed by atoms with E-state index in [0.717, 1.165) is 5.56 Å². The molecule has 1 aromatic carbocycles. The van der Waals surface area contributed by atoms with Crippen LogP contribution in [0.25, 0.3) is 5.69 Å². The molecule has 2 aromatic heterocycles. The average molecular weight is 355 g/mol. The summed E-state index contributed by atoms with van der Waals surface area (Å²) in [5, 5.41) is 7.40. The molecule has 1 amide bonds. The monoisotopic (exact) mass is 354 g/mol. The van der Waals surface area contributed by atoms with Gasteiger partial charge in [0.1, 0.15) is 5.82 Å². The number of hydrogen-bond donors (Lipinski definition) is 1. The summed E-state index contributed by atoms with van der Waals surface area (Å²) in [4.78, 5) is 28.7. The molecule has 0 spiro atoms. The van der Waals surface area contributed by atoms with Gasteiger partial charge in [-0.25, -0.2) is 9.67 Å². The molecule has 3 rings (SSSR count). The number of hydrogen-bond acceptors (Lipinski definition) is 4. The Kier molecular flexibility index (Phi) is 4.63. The molecule has 0 unspecified atom stereocenters. The number of halogens is 1. The standard InChI is InChI=1S/C18H15ClN4O2/c1-11-7-8-20-16(9-11)21-18(25)17-15(24)10-12(2)23(22-17)14-5-3-13(19)4-6-14/h3-10H,1-2H3,(H,20,21,25). The molecule has 6 nitrogen and oxygen atoms in total. The Hall–Kier alpha value is -2.99. The summed E-state index contributed by atoms with van der Waals surface area (Å²) in [6.45, 7) is 3.63. The van der Waals surface area contributed by atoms with Gasteiger partial charge in [0.05, 0.1) is 5.69 Å². The zero-order chi connectivity index (χ0) is 18.0. The van der Waals surface area contributed by atoms with Gasteiger partial charge in [-0.05, 0) is 55.8 Å². The molecule has 25 heavy (non-hydrogen) atoms. The number of amides is 1. The summed E-state index contributed by atoms with van der Waals surface area (Å²) in [6, 6.07) is 11.9. The first-order valence-electron chi connectivity index (χ1n) is 7.55. The first-order valence-corrected chi connectivity index (χ1v) is 7.93. The van der Waals surface area contributed by atoms with E-state index in [9.17, 15) is 9.59 Å². The van der Waals surface area contributed by atoms with Crippen LogP contribution in [0, 0.1) is 13.8 Å². The topological polar surface area (TPSA) is 76.9 Å². The SMILES string of the molecule is Cc1ccnc(NC(=O)c2nn(-c3ccc(Cl)cc3)c(C)cc2=O)c1. The Morgan fingerprint density at radius 1 is 1.12 bits per heavy atom. The summed E-state index contributed by atoms with van der Waals surface area (Å²) >= 11 is 5.90. The van der Waals surface area contributed by atoms with Crippen molar-refractivity contribution in [1.29, 1.82) is 0 Å². The van der Waals surface area contributed by atoms with Gasteiger partial charge in [-0.1, -0.05) is 11.6 Å². The van der Waals surface area contributed by atoms with Crippen molar-refractivity contribution in [3.8, 4) is 5.69 Å². The molecule has 3 aromatic rings. The van der Waals surface area contributed by atoms with Crippen LogP contribution in [-0.2, 0) is 0 Å². The van der Waals surface area contributed by atoms with Gasteiger partial charge < -0.3 is 5.32 Å². The van der Waals surface area contributed by atoms with Crippen LogP contribution in [0.5, 0.6) is 0 Å². The Labute approximate surface area is 149 Å². The van der Waals surface area contributed by atoms with Crippen molar-refractivity contribution in [2.45, 2.75) is 13.8 Å². The maximum Gasteiger partial charge on any atom is 0.281 e. The Bertz CT molecular complexity index is 997. The van der Waals surface area contributed by atoms with Crippen molar-refractivity contribution < 1.29 is 4.79 Å². The smallest absolute Gasteiger partial charge is 0.281 e. The summed E-state index contributed by atoms with van der Waals surface area (Å²) < 4.78 is 1.52. The molecule has 0 saturated heterocycles. The van der Waals surface area contributed by atoms with Gasteiger partial charge >= 0.3 is 0 Å². The van der Waals surface area contributed by atoms with E-state index in [1.165, 1.54) is 10.7 Å². The lowest BCUT2D eigenvalue weighted by molar-refractivity contribution is 0.101. The molecule has 0 bridgehead atoms. The zero-order valence-corrected chi connectivity index (χ0v) is 14.4. The summed E-state index contributed by atoms with van der Waals surface area (Å²) in [5.74, 6) is -0.240. The van der Waals surface area contributed by atoms with Crippen LogP contribution in [0.1, 0.15) is 21.7 Å². The minimum Gasteiger partial charge on any atom is -0.305 e. The highest BCUT2D eigenvalue weighted by Crippen LogP contribution is 2.14. The average Bonchev–Trinajstić information content (AvgIpc) is 2.56. The lowest BCUT2D eigenvalue weighted by atomic mass is 10.2. The second-order valence-electron chi connectivity index (χ2n) is 5.56. The highest BCUT2D eigenvalue weighted by Gasteiger charge is 2.16. The van der Waals surface area contributed by atoms with Crippen molar-refractivity contribution in [2.24, 2.45) is 0 Å². The van der Waals surface area contributed by atoms with E-state index in [2.05, 4.69) is 15.4 Å². The van der Waals surface area contributed by atoms with Crippen molar-refractivity contribution in [3.05, 3.63) is 80.9 Å². The summed E-state index contributed by atoms with van der Waals surface area (Å²) in [7, 11) is 0. The molecule has 0 radical (unpaired) electrons. The fourth-order valence-electron chi connectivity index (χ4n) is 2.33. The normalized spacial score (nSPS) is 10.5. The molecule has 0 aliphatic carbocycles. The van der Waals surface area contributed by atoms with E-state index in [-0.39, 0.29) is 5.69 Å². The van der Waals surface area contributed by atoms with E-state index in [1.54, 1.807) is 43.5 Å². The molecule has 1 N–H and O–H groups in total. The molecular weight excluding hydrogens is 340 g/mol. The second-order valence-corrected chi connectivity index (χ2v) is 6.00. The predicted octanol–water partition coefficient (Wildman–Crippen LogP) is 3.15. The van der Waals surface area contributed by atoms with Crippen molar-refractivity contribution >= 4 is 23.3 Å². The number of nitrogens with zero attached hydrogens (tertiary/aromatic N) is 3. The number of benzene rings is 1. The molecule has 7 heteroatoms. The summed E-state index contributed by atoms with van der Waals surface area (Å²) in [6.07, 6.45) is 1.58. The van der Waals surface area contributed by atoms with E-state index >= 15 is 0 Å². The van der Waals surface area contributed by atoms with Gasteiger partial charge in [0.15, 0.2) is 5.69 Å². The van der Waals surface area contributed by atoms with E-state index in [4.69, 9.17) is 11.6 Å². The van der Waals surface area contributed by atoms with Gasteiger partial charge in [-0.15, -0.1) is 0 Å². The Balaban J connectivity index is 1.98. The highest BCUT2D eigenvalue weighted by atomic mass is 35.5. The van der Waals surface area contributed by atoms with Crippen LogP contribution >= 0.6 is 11.6 Å². The van der Waals surface area contributed by atoms with Crippen LogP contribution in [0.3, 0.4) is 0 Å². The predicted molar refractivity (Wildman–Crippen MR) is 96.5 cm³/mol. The van der Waals surface area contributed by atoms with Crippen LogP contribution < -0.4 is 10.7 Å². The molecule has 0 fully saturated rings. The minimum atomic E-state index is -0.606. The molecular formula is C18H15ClN4O2. The third-order valence-corrected chi connectivity index (χ3v) is 3.80. The number of aryl methyl sites for hydroxylation is 2. The maximum absolute atomic E-state index is 12.4. The van der Waals surface area contributed by atoms with Gasteiger partial charge in [-0.3, -0.25) is 9.59 Å². The van der Waals surface area contributed by atoms with Crippen molar-refractivity contribution in [2.75, 3.05) is 5.32 Å². The molecule has 0 saturated carbocycles. The minimum absolute atomic E-state index is 0.205. The first-order chi connectivity index (χ1) is 11.9. The third kappa shape index (κ3) is 3.75. The van der Waals surface area contributed by atoms with E-state index < -0.39 is 11.3 Å². The first kappa shape index (κ1) is 16.9. The van der Waals surface area contributed by atoms with Gasteiger partial charge in [-0.2, -0.15) is 5.10 Å². The fraction of sp³-hybridized carbons (Fsp3) is 0.111. The Morgan fingerprint density at radius 3 is 2.52 bits per heavy atom. The van der Waals surface area contributed by atoms with Crippen molar-refractivity contribution in [3.63, 3.8) is 0 Å². The van der Waals surface area contributed by atoms with Crippen LogP contribution in [0.4, 0.5) is 5.82 Å². The lowest BCUT2D eigenvalue weighted by Crippen LogP contribution is -2.27. The quantitative estimate of drug-likeness (QED) is 0.783. The number of carbonyl (C=O) groups excluding carboxylic acids is 1. The zero-order valence-electron chi connectivity index (χ0n) is 13.7. The van der Waals surface area contributed by atoms with E-state index in [0.29, 0.717) is 22.2 Å². The van der Waals surface area contributed by atoms with Gasteiger partial charge in [0, 0.05) is 23.0 Å². The van der Waals surface area contributed by atoms with Crippen LogP contribution in [0.15, 0.2) is 53.5 Å². The number of aromatic nitrogens is 3. The second kappa shape index (κ2) is 6.86. The molecule has 126 valence electrons. The molecule has 2 heterocycles. The number of carbonyl (C=O) groups is 1. The van der Waals surface area contributed by atoms with E-state index in [1.807, 2.05) is 13.0 Å². The third-order valence-electron chi connectivity index (χ3n) is 3.55. The number of rotatable bonds is 3. The molecule has 0 aliphatic rings. The maximum atomic E-state index is 12.4. The number of anilines is 1. The number of nitrogens with one attached hydrogen (secondary N) is 1. The van der Waals surface area contributed by atoms with Crippen molar-refractivity contribution in [1.82, 2.24) is 14.8 Å². The van der Waals surface area contributed by atoms with Gasteiger partial charge in [0.25, 0.3) is 5.91 Å². The summed E-state index contributed by atoms with van der Waals surface area (Å²) in [5.41, 5.74) is 1.60. The fourth-order valence-corrected chi connectivity index (χ4v) is 2.45. The van der Waals surface area contributed by atoms with Gasteiger partial charge in [0.2, 0.25) is 5.43 Å². The Morgan fingerprint density at radius 2 is 1.84 bits per heavy atom. The van der Waals surface area contributed by atoms with Crippen LogP contribution in [0.2, 0.25) is 5.02 Å². The largest absolute Gasteiger partial charge is 0.305 e. The van der Waals surface area contributed by atoms with Crippen LogP contribution in [-0.4, -0.2) is 20.7 Å². The highest BCUT2D eigenvalue weighted by molar-refractivity contribution is 6.30. The number of pyridine rings is 1.